The predicted molar refractivity (Wildman–Crippen MR) is 76.5 cm³/mol. The standard InChI is InChI=1S/C12H15N5O4/c1-20-10-3-8(9(17(18)19)4-11(10)21-2)14-5-7-6-15-16-12(7)13/h3-4,6,14H,5H2,1-2H3,(H3,13,15,16). The Morgan fingerprint density at radius 2 is 2.05 bits per heavy atom. The van der Waals surface area contributed by atoms with Crippen LogP contribution in [0.2, 0.25) is 0 Å². The molecule has 9 heteroatoms. The van der Waals surface area contributed by atoms with E-state index in [4.69, 9.17) is 15.2 Å². The van der Waals surface area contributed by atoms with Gasteiger partial charge in [0.25, 0.3) is 5.69 Å². The molecule has 0 aliphatic rings. The highest BCUT2D eigenvalue weighted by atomic mass is 16.6. The zero-order chi connectivity index (χ0) is 15.4. The first-order valence-electron chi connectivity index (χ1n) is 5.98. The molecular formula is C12H15N5O4. The first-order chi connectivity index (χ1) is 10.1. The number of nitro groups is 1. The van der Waals surface area contributed by atoms with Crippen molar-refractivity contribution < 1.29 is 14.4 Å². The summed E-state index contributed by atoms with van der Waals surface area (Å²) in [7, 11) is 2.88. The number of nitrogens with one attached hydrogen (secondary N) is 2. The molecule has 2 rings (SSSR count). The Bertz CT molecular complexity index is 655. The zero-order valence-corrected chi connectivity index (χ0v) is 11.5. The number of rotatable bonds is 6. The van der Waals surface area contributed by atoms with Gasteiger partial charge in [0.2, 0.25) is 0 Å². The summed E-state index contributed by atoms with van der Waals surface area (Å²) in [6.45, 7) is 0.290. The second-order valence-corrected chi connectivity index (χ2v) is 4.14. The smallest absolute Gasteiger partial charge is 0.296 e. The number of nitrogens with two attached hydrogens (primary N) is 1. The van der Waals surface area contributed by atoms with Crippen molar-refractivity contribution >= 4 is 17.2 Å². The first-order valence-corrected chi connectivity index (χ1v) is 5.98. The molecule has 0 saturated carbocycles. The number of hydrogen-bond donors (Lipinski definition) is 3. The van der Waals surface area contributed by atoms with E-state index in [0.29, 0.717) is 29.4 Å². The highest BCUT2D eigenvalue weighted by Crippen LogP contribution is 2.37. The molecule has 2 aromatic rings. The Labute approximate surface area is 120 Å². The summed E-state index contributed by atoms with van der Waals surface area (Å²) in [5.74, 6) is 1.09. The Hall–Kier alpha value is -2.97. The topological polar surface area (TPSA) is 128 Å². The van der Waals surface area contributed by atoms with Gasteiger partial charge in [-0.25, -0.2) is 0 Å². The molecule has 0 aliphatic heterocycles. The van der Waals surface area contributed by atoms with Gasteiger partial charge in [-0.3, -0.25) is 15.2 Å². The summed E-state index contributed by atoms with van der Waals surface area (Å²) in [6.07, 6.45) is 1.55. The number of H-pyrrole nitrogens is 1. The Morgan fingerprint density at radius 1 is 1.38 bits per heavy atom. The van der Waals surface area contributed by atoms with Gasteiger partial charge in [-0.05, 0) is 0 Å². The largest absolute Gasteiger partial charge is 0.493 e. The summed E-state index contributed by atoms with van der Waals surface area (Å²) in [4.78, 5) is 10.6. The van der Waals surface area contributed by atoms with Crippen molar-refractivity contribution in [1.82, 2.24) is 10.2 Å². The number of anilines is 2. The van der Waals surface area contributed by atoms with Crippen molar-refractivity contribution in [3.8, 4) is 11.5 Å². The zero-order valence-electron chi connectivity index (χ0n) is 11.5. The minimum absolute atomic E-state index is 0.116. The first kappa shape index (κ1) is 14.4. The van der Waals surface area contributed by atoms with Crippen LogP contribution in [0.5, 0.6) is 11.5 Å². The fraction of sp³-hybridized carbons (Fsp3) is 0.250. The number of nitrogens with zero attached hydrogens (tertiary/aromatic N) is 2. The van der Waals surface area contributed by atoms with Crippen LogP contribution in [0, 0.1) is 10.1 Å². The predicted octanol–water partition coefficient (Wildman–Crippen LogP) is 1.53. The highest BCUT2D eigenvalue weighted by Gasteiger charge is 2.19. The maximum atomic E-state index is 11.1. The molecule has 1 heterocycles. The van der Waals surface area contributed by atoms with Crippen molar-refractivity contribution in [3.05, 3.63) is 34.0 Å². The van der Waals surface area contributed by atoms with Crippen molar-refractivity contribution in [2.24, 2.45) is 0 Å². The van der Waals surface area contributed by atoms with Crippen LogP contribution in [-0.2, 0) is 6.54 Å². The van der Waals surface area contributed by atoms with E-state index in [-0.39, 0.29) is 11.4 Å². The molecule has 112 valence electrons. The molecular weight excluding hydrogens is 278 g/mol. The summed E-state index contributed by atoms with van der Waals surface area (Å²) < 4.78 is 10.2. The van der Waals surface area contributed by atoms with Gasteiger partial charge >= 0.3 is 0 Å². The van der Waals surface area contributed by atoms with Crippen LogP contribution in [0.4, 0.5) is 17.2 Å². The fourth-order valence-corrected chi connectivity index (χ4v) is 1.81. The van der Waals surface area contributed by atoms with Gasteiger partial charge in [-0.15, -0.1) is 0 Å². The number of aromatic amines is 1. The molecule has 0 aliphatic carbocycles. The number of hydrogen-bond acceptors (Lipinski definition) is 7. The van der Waals surface area contributed by atoms with Crippen LogP contribution in [0.3, 0.4) is 0 Å². The number of ether oxygens (including phenoxy) is 2. The maximum absolute atomic E-state index is 11.1. The van der Waals surface area contributed by atoms with Gasteiger partial charge < -0.3 is 20.5 Å². The third-order valence-electron chi connectivity index (χ3n) is 2.92. The number of benzene rings is 1. The molecule has 0 spiro atoms. The van der Waals surface area contributed by atoms with Crippen LogP contribution in [-0.4, -0.2) is 29.3 Å². The average molecular weight is 293 g/mol. The monoisotopic (exact) mass is 293 g/mol. The molecule has 21 heavy (non-hydrogen) atoms. The third kappa shape index (κ3) is 2.96. The Kier molecular flexibility index (Phi) is 4.12. The number of aromatic nitrogens is 2. The van der Waals surface area contributed by atoms with E-state index in [9.17, 15) is 10.1 Å². The summed E-state index contributed by atoms with van der Waals surface area (Å²) in [5.41, 5.74) is 6.56. The van der Waals surface area contributed by atoms with Gasteiger partial charge in [0, 0.05) is 18.2 Å². The van der Waals surface area contributed by atoms with E-state index < -0.39 is 4.92 Å². The van der Waals surface area contributed by atoms with Crippen LogP contribution < -0.4 is 20.5 Å². The molecule has 0 fully saturated rings. The molecule has 0 atom stereocenters. The SMILES string of the molecule is COc1cc(NCc2cn[nH]c2N)c([N+](=O)[O-])cc1OC. The van der Waals surface area contributed by atoms with Crippen molar-refractivity contribution in [2.75, 3.05) is 25.3 Å². The number of methoxy groups -OCH3 is 2. The van der Waals surface area contributed by atoms with Crippen LogP contribution in [0.15, 0.2) is 18.3 Å². The van der Waals surface area contributed by atoms with Crippen molar-refractivity contribution in [2.45, 2.75) is 6.54 Å². The fourth-order valence-electron chi connectivity index (χ4n) is 1.81. The lowest BCUT2D eigenvalue weighted by Crippen LogP contribution is -2.05. The number of nitrogen functional groups attached to an aromatic ring is 1. The molecule has 0 bridgehead atoms. The average Bonchev–Trinajstić information content (AvgIpc) is 2.89. The molecule has 1 aromatic heterocycles. The molecule has 4 N–H and O–H groups in total. The van der Waals surface area contributed by atoms with Crippen molar-refractivity contribution in [3.63, 3.8) is 0 Å². The second kappa shape index (κ2) is 5.99. The maximum Gasteiger partial charge on any atom is 0.296 e. The van der Waals surface area contributed by atoms with Crippen LogP contribution in [0.25, 0.3) is 0 Å². The summed E-state index contributed by atoms with van der Waals surface area (Å²) >= 11 is 0. The lowest BCUT2D eigenvalue weighted by atomic mass is 10.2. The van der Waals surface area contributed by atoms with E-state index in [0.717, 1.165) is 0 Å². The molecule has 9 nitrogen and oxygen atoms in total. The third-order valence-corrected chi connectivity index (χ3v) is 2.92. The van der Waals surface area contributed by atoms with E-state index in [1.807, 2.05) is 0 Å². The Balaban J connectivity index is 2.32. The highest BCUT2D eigenvalue weighted by molar-refractivity contribution is 5.68. The van der Waals surface area contributed by atoms with Gasteiger partial charge in [0.15, 0.2) is 11.5 Å². The van der Waals surface area contributed by atoms with Crippen LogP contribution in [0.1, 0.15) is 5.56 Å². The van der Waals surface area contributed by atoms with E-state index in [1.165, 1.54) is 26.4 Å². The van der Waals surface area contributed by atoms with Gasteiger partial charge in [0.1, 0.15) is 11.5 Å². The van der Waals surface area contributed by atoms with Crippen molar-refractivity contribution in [1.29, 1.82) is 0 Å². The van der Waals surface area contributed by atoms with Gasteiger partial charge in [-0.2, -0.15) is 5.10 Å². The summed E-state index contributed by atoms with van der Waals surface area (Å²) in [6, 6.07) is 2.81. The van der Waals surface area contributed by atoms with E-state index in [2.05, 4.69) is 15.5 Å². The van der Waals surface area contributed by atoms with E-state index >= 15 is 0 Å². The molecule has 0 amide bonds. The minimum atomic E-state index is -0.497. The van der Waals surface area contributed by atoms with Gasteiger partial charge in [-0.1, -0.05) is 0 Å². The normalized spacial score (nSPS) is 10.2. The minimum Gasteiger partial charge on any atom is -0.493 e. The lowest BCUT2D eigenvalue weighted by Gasteiger charge is -2.11. The second-order valence-electron chi connectivity index (χ2n) is 4.14. The quantitative estimate of drug-likeness (QED) is 0.544. The summed E-state index contributed by atoms with van der Waals surface area (Å²) in [5, 5.41) is 20.5. The number of nitro benzene ring substituents is 1. The lowest BCUT2D eigenvalue weighted by molar-refractivity contribution is -0.384. The molecule has 0 saturated heterocycles. The van der Waals surface area contributed by atoms with Gasteiger partial charge in [0.05, 0.1) is 31.4 Å². The molecule has 0 radical (unpaired) electrons. The molecule has 0 unspecified atom stereocenters. The van der Waals surface area contributed by atoms with Crippen LogP contribution >= 0.6 is 0 Å². The van der Waals surface area contributed by atoms with E-state index in [1.54, 1.807) is 6.20 Å². The molecule has 1 aromatic carbocycles. The Morgan fingerprint density at radius 3 is 2.57 bits per heavy atom.